The van der Waals surface area contributed by atoms with Crippen LogP contribution in [0.25, 0.3) is 11.3 Å². The Labute approximate surface area is 188 Å². The van der Waals surface area contributed by atoms with Crippen LogP contribution in [-0.4, -0.2) is 32.8 Å². The first kappa shape index (κ1) is 20.2. The van der Waals surface area contributed by atoms with Gasteiger partial charge in [0.15, 0.2) is 0 Å². The van der Waals surface area contributed by atoms with E-state index in [1.807, 2.05) is 54.6 Å². The van der Waals surface area contributed by atoms with Gasteiger partial charge in [-0.2, -0.15) is 0 Å². The van der Waals surface area contributed by atoms with Gasteiger partial charge < -0.3 is 10.3 Å². The molecule has 0 bridgehead atoms. The molecule has 2 atom stereocenters. The van der Waals surface area contributed by atoms with Crippen molar-refractivity contribution in [3.05, 3.63) is 75.8 Å². The number of terminal acetylenes is 1. The first-order valence-corrected chi connectivity index (χ1v) is 10.6. The number of nitrogens with zero attached hydrogens (tertiary/aromatic N) is 2. The van der Waals surface area contributed by atoms with Crippen LogP contribution in [0.15, 0.2) is 60.8 Å². The molecule has 1 saturated heterocycles. The largest absolute Gasteiger partial charge is 0.340 e. The van der Waals surface area contributed by atoms with Crippen molar-refractivity contribution in [3.63, 3.8) is 0 Å². The highest BCUT2D eigenvalue weighted by atomic mass is 127. The van der Waals surface area contributed by atoms with Gasteiger partial charge in [-0.3, -0.25) is 9.69 Å². The Bertz CT molecular complexity index is 1100. The van der Waals surface area contributed by atoms with E-state index in [1.54, 1.807) is 6.20 Å². The van der Waals surface area contributed by atoms with Crippen LogP contribution in [-0.2, 0) is 11.2 Å². The predicted octanol–water partition coefficient (Wildman–Crippen LogP) is 3.91. The number of imide groups is 1. The number of urea groups is 1. The van der Waals surface area contributed by atoms with E-state index in [0.29, 0.717) is 12.2 Å². The van der Waals surface area contributed by atoms with Crippen molar-refractivity contribution < 1.29 is 9.59 Å². The maximum Gasteiger partial charge on any atom is 0.325 e. The van der Waals surface area contributed by atoms with E-state index in [-0.39, 0.29) is 12.3 Å². The second-order valence-corrected chi connectivity index (χ2v) is 8.26. The molecule has 150 valence electrons. The van der Waals surface area contributed by atoms with Crippen LogP contribution < -0.4 is 5.32 Å². The first-order valence-electron chi connectivity index (χ1n) is 9.48. The second kappa shape index (κ2) is 8.71. The maximum atomic E-state index is 12.9. The third-order valence-electron chi connectivity index (χ3n) is 5.02. The Balaban J connectivity index is 1.69. The average molecular weight is 510 g/mol. The fourth-order valence-electron chi connectivity index (χ4n) is 3.53. The molecule has 2 aromatic carbocycles. The summed E-state index contributed by atoms with van der Waals surface area (Å²) in [7, 11) is 0. The Kier molecular flexibility index (Phi) is 5.86. The van der Waals surface area contributed by atoms with Crippen LogP contribution >= 0.6 is 22.6 Å². The SMILES string of the molecule is C#CC[C@@H]1NC(=O)N([C@H](Cc2ccccc2)c2ncc(-c3ccc(I)cc3)[nH]2)C1=O. The Morgan fingerprint density at radius 1 is 1.13 bits per heavy atom. The number of aromatic nitrogens is 2. The second-order valence-electron chi connectivity index (χ2n) is 7.01. The van der Waals surface area contributed by atoms with Crippen molar-refractivity contribution in [2.45, 2.75) is 24.9 Å². The van der Waals surface area contributed by atoms with Gasteiger partial charge in [-0.15, -0.1) is 12.3 Å². The predicted molar refractivity (Wildman–Crippen MR) is 122 cm³/mol. The zero-order chi connectivity index (χ0) is 21.1. The molecule has 0 aliphatic carbocycles. The molecule has 30 heavy (non-hydrogen) atoms. The normalized spacial score (nSPS) is 16.9. The summed E-state index contributed by atoms with van der Waals surface area (Å²) in [5.74, 6) is 2.68. The smallest absolute Gasteiger partial charge is 0.325 e. The van der Waals surface area contributed by atoms with Gasteiger partial charge in [0.1, 0.15) is 17.9 Å². The van der Waals surface area contributed by atoms with Crippen molar-refractivity contribution in [1.29, 1.82) is 0 Å². The van der Waals surface area contributed by atoms with Crippen molar-refractivity contribution in [2.75, 3.05) is 0 Å². The maximum absolute atomic E-state index is 12.9. The fourth-order valence-corrected chi connectivity index (χ4v) is 3.89. The van der Waals surface area contributed by atoms with Crippen molar-refractivity contribution in [3.8, 4) is 23.6 Å². The van der Waals surface area contributed by atoms with Gasteiger partial charge in [0.05, 0.1) is 11.9 Å². The van der Waals surface area contributed by atoms with E-state index in [0.717, 1.165) is 20.4 Å². The van der Waals surface area contributed by atoms with Gasteiger partial charge >= 0.3 is 6.03 Å². The molecule has 0 unspecified atom stereocenters. The fraction of sp³-hybridized carbons (Fsp3) is 0.174. The highest BCUT2D eigenvalue weighted by molar-refractivity contribution is 14.1. The molecule has 1 aliphatic rings. The lowest BCUT2D eigenvalue weighted by Crippen LogP contribution is -2.37. The number of halogens is 1. The minimum atomic E-state index is -0.702. The third-order valence-corrected chi connectivity index (χ3v) is 5.74. The molecule has 1 fully saturated rings. The van der Waals surface area contributed by atoms with Crippen LogP contribution in [0.4, 0.5) is 4.79 Å². The molecule has 2 N–H and O–H groups in total. The molecule has 3 amide bonds. The van der Waals surface area contributed by atoms with Crippen LogP contribution in [0.2, 0.25) is 0 Å². The molecule has 3 aromatic rings. The highest BCUT2D eigenvalue weighted by Gasteiger charge is 2.43. The summed E-state index contributed by atoms with van der Waals surface area (Å²) in [5, 5.41) is 2.69. The zero-order valence-electron chi connectivity index (χ0n) is 16.0. The number of aromatic amines is 1. The molecule has 0 saturated carbocycles. The lowest BCUT2D eigenvalue weighted by molar-refractivity contribution is -0.129. The summed E-state index contributed by atoms with van der Waals surface area (Å²) in [5.41, 5.74) is 2.80. The van der Waals surface area contributed by atoms with Crippen LogP contribution in [0.3, 0.4) is 0 Å². The topological polar surface area (TPSA) is 78.1 Å². The molecule has 0 spiro atoms. The van der Waals surface area contributed by atoms with Gasteiger partial charge in [0, 0.05) is 16.4 Å². The molecule has 7 heteroatoms. The van der Waals surface area contributed by atoms with Gasteiger partial charge in [0.2, 0.25) is 0 Å². The Morgan fingerprint density at radius 2 is 1.87 bits per heavy atom. The summed E-state index contributed by atoms with van der Waals surface area (Å²) < 4.78 is 1.14. The van der Waals surface area contributed by atoms with Crippen LogP contribution in [0, 0.1) is 15.9 Å². The number of amides is 3. The molecule has 1 aromatic heterocycles. The number of benzene rings is 2. The van der Waals surface area contributed by atoms with Crippen molar-refractivity contribution in [1.82, 2.24) is 20.2 Å². The highest BCUT2D eigenvalue weighted by Crippen LogP contribution is 2.29. The molecule has 4 rings (SSSR count). The number of H-pyrrole nitrogens is 1. The third kappa shape index (κ3) is 4.09. The molecule has 2 heterocycles. The van der Waals surface area contributed by atoms with Gasteiger partial charge in [-0.25, -0.2) is 9.78 Å². The Morgan fingerprint density at radius 3 is 2.57 bits per heavy atom. The molecule has 0 radical (unpaired) electrons. The number of hydrogen-bond acceptors (Lipinski definition) is 3. The van der Waals surface area contributed by atoms with E-state index < -0.39 is 18.1 Å². The van der Waals surface area contributed by atoms with Crippen LogP contribution in [0.5, 0.6) is 0 Å². The minimum Gasteiger partial charge on any atom is -0.340 e. The van der Waals surface area contributed by atoms with E-state index in [1.165, 1.54) is 4.90 Å². The summed E-state index contributed by atoms with van der Waals surface area (Å²) in [6.07, 6.45) is 7.69. The number of carbonyl (C=O) groups is 2. The summed E-state index contributed by atoms with van der Waals surface area (Å²) in [6, 6.07) is 16.0. The minimum absolute atomic E-state index is 0.158. The van der Waals surface area contributed by atoms with Crippen molar-refractivity contribution >= 4 is 34.5 Å². The molecular weight excluding hydrogens is 491 g/mol. The van der Waals surface area contributed by atoms with E-state index in [2.05, 4.69) is 43.8 Å². The standard InChI is InChI=1S/C23H19IN4O2/c1-2-6-18-22(29)28(23(30)27-18)20(13-15-7-4-3-5-8-15)21-25-14-19(26-21)16-9-11-17(24)12-10-16/h1,3-5,7-12,14,18,20H,6,13H2,(H,25,26)(H,27,30)/t18-,20+/m0/s1. The zero-order valence-corrected chi connectivity index (χ0v) is 18.2. The molecular formula is C23H19IN4O2. The summed E-state index contributed by atoms with van der Waals surface area (Å²) in [6.45, 7) is 0. The van der Waals surface area contributed by atoms with Gasteiger partial charge in [-0.05, 0) is 45.9 Å². The van der Waals surface area contributed by atoms with E-state index >= 15 is 0 Å². The number of carbonyl (C=O) groups excluding carboxylic acids is 2. The monoisotopic (exact) mass is 510 g/mol. The first-order chi connectivity index (χ1) is 14.6. The van der Waals surface area contributed by atoms with Crippen molar-refractivity contribution in [2.24, 2.45) is 0 Å². The van der Waals surface area contributed by atoms with Gasteiger partial charge in [-0.1, -0.05) is 42.5 Å². The number of hydrogen-bond donors (Lipinski definition) is 2. The number of nitrogens with one attached hydrogen (secondary N) is 2. The van der Waals surface area contributed by atoms with Gasteiger partial charge in [0.25, 0.3) is 5.91 Å². The lowest BCUT2D eigenvalue weighted by Gasteiger charge is -2.24. The summed E-state index contributed by atoms with van der Waals surface area (Å²) >= 11 is 2.25. The quantitative estimate of drug-likeness (QED) is 0.300. The average Bonchev–Trinajstić information content (AvgIpc) is 3.34. The number of rotatable bonds is 6. The van der Waals surface area contributed by atoms with E-state index in [9.17, 15) is 9.59 Å². The molecule has 1 aliphatic heterocycles. The van der Waals surface area contributed by atoms with E-state index in [4.69, 9.17) is 6.42 Å². The Hall–Kier alpha value is -3.12. The number of imidazole rings is 1. The molecule has 6 nitrogen and oxygen atoms in total. The summed E-state index contributed by atoms with van der Waals surface area (Å²) in [4.78, 5) is 34.7. The van der Waals surface area contributed by atoms with Crippen LogP contribution in [0.1, 0.15) is 23.9 Å². The lowest BCUT2D eigenvalue weighted by atomic mass is 10.0.